The molecule has 0 N–H and O–H groups in total. The number of piperidine rings is 1. The van der Waals surface area contributed by atoms with Crippen LogP contribution in [0.25, 0.3) is 0 Å². The minimum atomic E-state index is 0.0637. The van der Waals surface area contributed by atoms with E-state index >= 15 is 0 Å². The molecule has 19 heavy (non-hydrogen) atoms. The summed E-state index contributed by atoms with van der Waals surface area (Å²) in [4.78, 5) is 2.59. The van der Waals surface area contributed by atoms with Crippen molar-refractivity contribution in [1.29, 1.82) is 0 Å². The minimum Gasteiger partial charge on any atom is -0.351 e. The van der Waals surface area contributed by atoms with Crippen LogP contribution in [0.1, 0.15) is 58.8 Å². The first-order valence-electron chi connectivity index (χ1n) is 8.30. The van der Waals surface area contributed by atoms with Crippen LogP contribution in [0.15, 0.2) is 0 Å². The Morgan fingerprint density at radius 2 is 1.63 bits per heavy atom. The fourth-order valence-corrected chi connectivity index (χ4v) is 3.30. The lowest BCUT2D eigenvalue weighted by Gasteiger charge is -2.40. The Morgan fingerprint density at radius 3 is 2.21 bits per heavy atom. The monoisotopic (exact) mass is 269 g/mol. The van der Waals surface area contributed by atoms with Gasteiger partial charge in [-0.25, -0.2) is 0 Å². The van der Waals surface area contributed by atoms with E-state index in [9.17, 15) is 0 Å². The van der Waals surface area contributed by atoms with Crippen LogP contribution in [-0.4, -0.2) is 43.5 Å². The van der Waals surface area contributed by atoms with Gasteiger partial charge in [0.15, 0.2) is 6.29 Å². The Kier molecular flexibility index (Phi) is 6.62. The van der Waals surface area contributed by atoms with E-state index in [0.717, 1.165) is 25.6 Å². The summed E-state index contributed by atoms with van der Waals surface area (Å²) in [7, 11) is 0. The lowest BCUT2D eigenvalue weighted by atomic mass is 9.92. The normalized spacial score (nSPS) is 30.6. The molecule has 3 nitrogen and oxygen atoms in total. The molecule has 0 aromatic carbocycles. The zero-order valence-electron chi connectivity index (χ0n) is 12.8. The van der Waals surface area contributed by atoms with E-state index in [0.29, 0.717) is 6.04 Å². The molecule has 112 valence electrons. The van der Waals surface area contributed by atoms with Gasteiger partial charge in [-0.1, -0.05) is 33.1 Å². The third-order valence-corrected chi connectivity index (χ3v) is 4.60. The van der Waals surface area contributed by atoms with Crippen LogP contribution in [0.2, 0.25) is 0 Å². The predicted octanol–water partition coefficient (Wildman–Crippen LogP) is 3.43. The smallest absolute Gasteiger partial charge is 0.157 e. The average molecular weight is 269 g/mol. The highest BCUT2D eigenvalue weighted by molar-refractivity contribution is 4.80. The summed E-state index contributed by atoms with van der Waals surface area (Å²) >= 11 is 0. The van der Waals surface area contributed by atoms with Crippen molar-refractivity contribution in [2.45, 2.75) is 71.1 Å². The van der Waals surface area contributed by atoms with Crippen LogP contribution >= 0.6 is 0 Å². The zero-order valence-corrected chi connectivity index (χ0v) is 12.8. The van der Waals surface area contributed by atoms with E-state index in [1.54, 1.807) is 0 Å². The standard InChI is InChI=1S/C16H31NO2/c1-3-5-7-16-18-12-15(13-19-16)17-10-8-14(6-4-2)9-11-17/h14-16H,3-13H2,1-2H3. The van der Waals surface area contributed by atoms with Gasteiger partial charge in [-0.3, -0.25) is 4.90 Å². The molecule has 2 fully saturated rings. The Morgan fingerprint density at radius 1 is 0.947 bits per heavy atom. The third-order valence-electron chi connectivity index (χ3n) is 4.60. The molecule has 3 heteroatoms. The van der Waals surface area contributed by atoms with Crippen molar-refractivity contribution < 1.29 is 9.47 Å². The molecular weight excluding hydrogens is 238 g/mol. The van der Waals surface area contributed by atoms with Gasteiger partial charge in [0, 0.05) is 0 Å². The van der Waals surface area contributed by atoms with Crippen LogP contribution in [0.5, 0.6) is 0 Å². The molecule has 2 rings (SSSR count). The summed E-state index contributed by atoms with van der Waals surface area (Å²) in [6, 6.07) is 0.500. The quantitative estimate of drug-likeness (QED) is 0.737. The summed E-state index contributed by atoms with van der Waals surface area (Å²) < 4.78 is 11.7. The summed E-state index contributed by atoms with van der Waals surface area (Å²) in [6.07, 6.45) is 9.02. The molecule has 0 spiro atoms. The Balaban J connectivity index is 1.65. The number of ether oxygens (including phenoxy) is 2. The van der Waals surface area contributed by atoms with Gasteiger partial charge in [0.1, 0.15) is 0 Å². The molecule has 0 aromatic rings. The molecule has 0 radical (unpaired) electrons. The number of hydrogen-bond donors (Lipinski definition) is 0. The molecule has 0 amide bonds. The maximum absolute atomic E-state index is 5.86. The molecule has 0 unspecified atom stereocenters. The maximum Gasteiger partial charge on any atom is 0.157 e. The molecule has 0 bridgehead atoms. The van der Waals surface area contributed by atoms with E-state index in [2.05, 4.69) is 18.7 Å². The molecular formula is C16H31NO2. The summed E-state index contributed by atoms with van der Waals surface area (Å²) in [5.41, 5.74) is 0. The highest BCUT2D eigenvalue weighted by atomic mass is 16.7. The van der Waals surface area contributed by atoms with E-state index in [1.807, 2.05) is 0 Å². The van der Waals surface area contributed by atoms with Gasteiger partial charge in [-0.2, -0.15) is 0 Å². The summed E-state index contributed by atoms with van der Waals surface area (Å²) in [5.74, 6) is 0.962. The van der Waals surface area contributed by atoms with E-state index in [-0.39, 0.29) is 6.29 Å². The van der Waals surface area contributed by atoms with Crippen molar-refractivity contribution in [1.82, 2.24) is 4.90 Å². The van der Waals surface area contributed by atoms with Gasteiger partial charge < -0.3 is 9.47 Å². The van der Waals surface area contributed by atoms with Crippen LogP contribution in [0, 0.1) is 5.92 Å². The highest BCUT2D eigenvalue weighted by Gasteiger charge is 2.29. The average Bonchev–Trinajstić information content (AvgIpc) is 2.47. The van der Waals surface area contributed by atoms with E-state index in [1.165, 1.54) is 51.6 Å². The molecule has 0 aromatic heterocycles. The van der Waals surface area contributed by atoms with Crippen molar-refractivity contribution in [2.75, 3.05) is 26.3 Å². The lowest BCUT2D eigenvalue weighted by Crippen LogP contribution is -2.50. The Bertz CT molecular complexity index is 231. The van der Waals surface area contributed by atoms with Crippen LogP contribution < -0.4 is 0 Å². The van der Waals surface area contributed by atoms with E-state index < -0.39 is 0 Å². The SMILES string of the molecule is CCCCC1OCC(N2CCC(CCC)CC2)CO1. The molecule has 0 saturated carbocycles. The van der Waals surface area contributed by atoms with Crippen LogP contribution in [0.4, 0.5) is 0 Å². The fourth-order valence-electron chi connectivity index (χ4n) is 3.30. The number of likely N-dealkylation sites (tertiary alicyclic amines) is 1. The van der Waals surface area contributed by atoms with Gasteiger partial charge >= 0.3 is 0 Å². The Labute approximate surface area is 118 Å². The first-order valence-corrected chi connectivity index (χ1v) is 8.30. The lowest BCUT2D eigenvalue weighted by molar-refractivity contribution is -0.209. The molecule has 2 aliphatic rings. The highest BCUT2D eigenvalue weighted by Crippen LogP contribution is 2.24. The van der Waals surface area contributed by atoms with Gasteiger partial charge in [0.05, 0.1) is 19.3 Å². The van der Waals surface area contributed by atoms with Crippen molar-refractivity contribution in [3.8, 4) is 0 Å². The summed E-state index contributed by atoms with van der Waals surface area (Å²) in [5, 5.41) is 0. The van der Waals surface area contributed by atoms with Gasteiger partial charge in [0.2, 0.25) is 0 Å². The topological polar surface area (TPSA) is 21.7 Å². The zero-order chi connectivity index (χ0) is 13.5. The van der Waals surface area contributed by atoms with Crippen molar-refractivity contribution in [2.24, 2.45) is 5.92 Å². The van der Waals surface area contributed by atoms with Gasteiger partial charge in [-0.15, -0.1) is 0 Å². The number of rotatable bonds is 6. The van der Waals surface area contributed by atoms with Crippen LogP contribution in [-0.2, 0) is 9.47 Å². The van der Waals surface area contributed by atoms with Gasteiger partial charge in [-0.05, 0) is 44.7 Å². The first kappa shape index (κ1) is 15.3. The fraction of sp³-hybridized carbons (Fsp3) is 1.00. The van der Waals surface area contributed by atoms with Crippen molar-refractivity contribution in [3.63, 3.8) is 0 Å². The molecule has 2 saturated heterocycles. The number of nitrogens with zero attached hydrogens (tertiary/aromatic N) is 1. The second-order valence-electron chi connectivity index (χ2n) is 6.16. The second kappa shape index (κ2) is 8.23. The third kappa shape index (κ3) is 4.73. The number of hydrogen-bond acceptors (Lipinski definition) is 3. The number of unbranched alkanes of at least 4 members (excludes halogenated alkanes) is 1. The van der Waals surface area contributed by atoms with Gasteiger partial charge in [0.25, 0.3) is 0 Å². The molecule has 2 aliphatic heterocycles. The van der Waals surface area contributed by atoms with Crippen LogP contribution in [0.3, 0.4) is 0 Å². The molecule has 2 heterocycles. The first-order chi connectivity index (χ1) is 9.33. The van der Waals surface area contributed by atoms with E-state index in [4.69, 9.17) is 9.47 Å². The van der Waals surface area contributed by atoms with Crippen molar-refractivity contribution >= 4 is 0 Å². The predicted molar refractivity (Wildman–Crippen MR) is 78.2 cm³/mol. The molecule has 0 aliphatic carbocycles. The maximum atomic E-state index is 5.86. The summed E-state index contributed by atoms with van der Waals surface area (Å²) in [6.45, 7) is 8.72. The molecule has 0 atom stereocenters. The largest absolute Gasteiger partial charge is 0.351 e. The van der Waals surface area contributed by atoms with Crippen molar-refractivity contribution in [3.05, 3.63) is 0 Å². The second-order valence-corrected chi connectivity index (χ2v) is 6.16. The Hall–Kier alpha value is -0.120. The minimum absolute atomic E-state index is 0.0637.